The topological polar surface area (TPSA) is 0 Å². The van der Waals surface area contributed by atoms with Crippen molar-refractivity contribution >= 4 is 8.07 Å². The summed E-state index contributed by atoms with van der Waals surface area (Å²) in [6.45, 7) is 7.18. The van der Waals surface area contributed by atoms with E-state index in [0.717, 1.165) is 0 Å². The molecule has 36 valence electrons. The van der Waals surface area contributed by atoms with E-state index in [1.807, 2.05) is 21.1 Å². The quantitative estimate of drug-likeness (QED) is 0.540. The van der Waals surface area contributed by atoms with Gasteiger partial charge in [-0.3, -0.25) is 0 Å². The molecule has 0 saturated heterocycles. The van der Waals surface area contributed by atoms with Gasteiger partial charge >= 0.3 is 53.0 Å². The first-order valence-corrected chi connectivity index (χ1v) is 7.43. The first-order valence-electron chi connectivity index (χ1n) is 2.17. The second kappa shape index (κ2) is 2.31. The van der Waals surface area contributed by atoms with E-state index in [2.05, 4.69) is 19.6 Å². The Morgan fingerprint density at radius 3 is 1.50 bits per heavy atom. The molecular formula is C4H11NbSi. The van der Waals surface area contributed by atoms with Crippen LogP contribution in [0.4, 0.5) is 0 Å². The number of hydrogen-bond donors (Lipinski definition) is 0. The summed E-state index contributed by atoms with van der Waals surface area (Å²) in [7, 11) is -0.609. The molecule has 0 nitrogen and oxygen atoms in total. The second-order valence-corrected chi connectivity index (χ2v) is 10.5. The zero-order valence-electron chi connectivity index (χ0n) is 4.65. The van der Waals surface area contributed by atoms with Crippen molar-refractivity contribution in [2.24, 2.45) is 0 Å². The van der Waals surface area contributed by atoms with Crippen molar-refractivity contribution in [2.45, 2.75) is 23.9 Å². The molecule has 0 spiro atoms. The van der Waals surface area contributed by atoms with Crippen LogP contribution in [0, 0.1) is 0 Å². The van der Waals surface area contributed by atoms with Gasteiger partial charge in [0, 0.05) is 0 Å². The van der Waals surface area contributed by atoms with Gasteiger partial charge in [0.05, 0.1) is 0 Å². The van der Waals surface area contributed by atoms with E-state index in [0.29, 0.717) is 0 Å². The van der Waals surface area contributed by atoms with E-state index in [1.54, 1.807) is 0 Å². The van der Waals surface area contributed by atoms with Gasteiger partial charge in [0.2, 0.25) is 0 Å². The third kappa shape index (κ3) is 4.96. The van der Waals surface area contributed by atoms with Crippen molar-refractivity contribution in [1.82, 2.24) is 0 Å². The molecular weight excluding hydrogens is 169 g/mol. The fourth-order valence-electron chi connectivity index (χ4n) is 0. The molecule has 0 aliphatic rings. The zero-order valence-corrected chi connectivity index (χ0v) is 7.85. The Balaban J connectivity index is 3.17. The van der Waals surface area contributed by atoms with Gasteiger partial charge in [-0.05, 0) is 0 Å². The zero-order chi connectivity index (χ0) is 5.21. The Bertz CT molecular complexity index is 37.3. The molecule has 0 N–H and O–H groups in total. The third-order valence-corrected chi connectivity index (χ3v) is 8.42. The van der Waals surface area contributed by atoms with Gasteiger partial charge in [0.1, 0.15) is 0 Å². The summed E-state index contributed by atoms with van der Waals surface area (Å²) >= 11 is 1.96. The van der Waals surface area contributed by atoms with Crippen LogP contribution in [0.25, 0.3) is 0 Å². The number of hydrogen-bond acceptors (Lipinski definition) is 0. The van der Waals surface area contributed by atoms with E-state index in [1.165, 1.54) is 4.26 Å². The average molecular weight is 180 g/mol. The Hall–Kier alpha value is 0.957. The fraction of sp³-hybridized carbons (Fsp3) is 1.00. The summed E-state index contributed by atoms with van der Waals surface area (Å²) in [5.74, 6) is 0. The predicted octanol–water partition coefficient (Wildman–Crippen LogP) is 1.83. The molecule has 0 rings (SSSR count). The molecule has 2 heteroatoms. The fourth-order valence-corrected chi connectivity index (χ4v) is 0. The normalized spacial score (nSPS) is 11.8. The van der Waals surface area contributed by atoms with Crippen LogP contribution >= 0.6 is 0 Å². The van der Waals surface area contributed by atoms with Gasteiger partial charge in [-0.25, -0.2) is 0 Å². The average Bonchev–Trinajstić information content (AvgIpc) is 1.35. The summed E-state index contributed by atoms with van der Waals surface area (Å²) in [6.07, 6.45) is 0. The van der Waals surface area contributed by atoms with Gasteiger partial charge < -0.3 is 0 Å². The molecule has 0 heterocycles. The number of rotatable bonds is 1. The molecule has 0 saturated carbocycles. The van der Waals surface area contributed by atoms with Crippen molar-refractivity contribution in [3.8, 4) is 0 Å². The maximum absolute atomic E-state index is 2.39. The van der Waals surface area contributed by atoms with Gasteiger partial charge in [-0.1, -0.05) is 0 Å². The SMILES string of the molecule is C[Si](C)(C)[CH2][Nb]. The van der Waals surface area contributed by atoms with E-state index >= 15 is 0 Å². The maximum atomic E-state index is 2.39. The Morgan fingerprint density at radius 2 is 1.50 bits per heavy atom. The van der Waals surface area contributed by atoms with Crippen LogP contribution in [0.15, 0.2) is 0 Å². The van der Waals surface area contributed by atoms with Crippen LogP contribution in [-0.4, -0.2) is 8.07 Å². The summed E-state index contributed by atoms with van der Waals surface area (Å²) in [4.78, 5) is 0. The van der Waals surface area contributed by atoms with E-state index in [-0.39, 0.29) is 0 Å². The van der Waals surface area contributed by atoms with Crippen LogP contribution in [0.3, 0.4) is 0 Å². The molecule has 0 atom stereocenters. The Labute approximate surface area is 53.3 Å². The van der Waals surface area contributed by atoms with Gasteiger partial charge in [-0.2, -0.15) is 0 Å². The van der Waals surface area contributed by atoms with Crippen molar-refractivity contribution in [1.29, 1.82) is 0 Å². The molecule has 0 amide bonds. The second-order valence-electron chi connectivity index (χ2n) is 2.72. The standard InChI is InChI=1S/C4H11Si.Nb/c1-5(2,3)4;/h1H2,2-4H3;. The molecule has 0 radical (unpaired) electrons. The van der Waals surface area contributed by atoms with Crippen LogP contribution in [0.2, 0.25) is 23.9 Å². The van der Waals surface area contributed by atoms with Crippen molar-refractivity contribution in [3.05, 3.63) is 0 Å². The first-order chi connectivity index (χ1) is 2.56. The van der Waals surface area contributed by atoms with Crippen LogP contribution in [0.5, 0.6) is 0 Å². The Kier molecular flexibility index (Phi) is 2.68. The van der Waals surface area contributed by atoms with Crippen molar-refractivity contribution < 1.29 is 21.1 Å². The molecule has 0 fully saturated rings. The van der Waals surface area contributed by atoms with E-state index in [9.17, 15) is 0 Å². The van der Waals surface area contributed by atoms with Crippen molar-refractivity contribution in [3.63, 3.8) is 0 Å². The van der Waals surface area contributed by atoms with Crippen LogP contribution < -0.4 is 0 Å². The Morgan fingerprint density at radius 1 is 1.33 bits per heavy atom. The van der Waals surface area contributed by atoms with E-state index < -0.39 is 8.07 Å². The van der Waals surface area contributed by atoms with Crippen molar-refractivity contribution in [2.75, 3.05) is 0 Å². The summed E-state index contributed by atoms with van der Waals surface area (Å²) in [6, 6.07) is 0. The molecule has 0 bridgehead atoms. The minimum atomic E-state index is -0.609. The van der Waals surface area contributed by atoms with Gasteiger partial charge in [0.25, 0.3) is 0 Å². The van der Waals surface area contributed by atoms with Gasteiger partial charge in [0.15, 0.2) is 0 Å². The molecule has 0 aromatic heterocycles. The summed E-state index contributed by atoms with van der Waals surface area (Å²) in [5, 5.41) is 0. The molecule has 0 unspecified atom stereocenters. The minimum absolute atomic E-state index is 0.609. The third-order valence-electron chi connectivity index (χ3n) is 0.474. The monoisotopic (exact) mass is 180 g/mol. The first kappa shape index (κ1) is 6.96. The predicted molar refractivity (Wildman–Crippen MR) is 28.2 cm³/mol. The molecule has 0 aromatic carbocycles. The summed E-state index contributed by atoms with van der Waals surface area (Å²) < 4.78 is 1.46. The molecule has 0 aliphatic heterocycles. The summed E-state index contributed by atoms with van der Waals surface area (Å²) in [5.41, 5.74) is 0. The molecule has 0 aliphatic carbocycles. The molecule has 6 heavy (non-hydrogen) atoms. The van der Waals surface area contributed by atoms with Gasteiger partial charge in [-0.15, -0.1) is 0 Å². The van der Waals surface area contributed by atoms with E-state index in [4.69, 9.17) is 0 Å². The molecule has 0 aromatic rings. The van der Waals surface area contributed by atoms with Crippen LogP contribution in [0.1, 0.15) is 0 Å². The van der Waals surface area contributed by atoms with Crippen LogP contribution in [-0.2, 0) is 21.1 Å².